The zero-order valence-electron chi connectivity index (χ0n) is 11.8. The first-order chi connectivity index (χ1) is 9.91. The average Bonchev–Trinajstić information content (AvgIpc) is 2.91. The van der Waals surface area contributed by atoms with Crippen molar-refractivity contribution in [1.82, 2.24) is 9.80 Å². The average molecular weight is 331 g/mol. The summed E-state index contributed by atoms with van der Waals surface area (Å²) in [6.07, 6.45) is -0.136. The maximum absolute atomic E-state index is 13.7. The van der Waals surface area contributed by atoms with Crippen molar-refractivity contribution in [3.05, 3.63) is 34.6 Å². The van der Waals surface area contributed by atoms with Crippen LogP contribution in [0.3, 0.4) is 0 Å². The predicted octanol–water partition coefficient (Wildman–Crippen LogP) is 2.01. The molecular formula is C14H16ClFN2O2S. The van der Waals surface area contributed by atoms with E-state index in [1.807, 2.05) is 0 Å². The Morgan fingerprint density at radius 2 is 2.19 bits per heavy atom. The number of hydrogen-bond donors (Lipinski definition) is 0. The second kappa shape index (κ2) is 6.66. The Morgan fingerprint density at radius 3 is 2.81 bits per heavy atom. The highest BCUT2D eigenvalue weighted by molar-refractivity contribution is 7.99. The molecule has 7 heteroatoms. The van der Waals surface area contributed by atoms with Gasteiger partial charge in [0.15, 0.2) is 0 Å². The number of carbonyl (C=O) groups is 2. The van der Waals surface area contributed by atoms with Gasteiger partial charge in [-0.05, 0) is 12.1 Å². The minimum Gasteiger partial charge on any atom is -0.347 e. The SMILES string of the molecule is CN(C)C(=O)[C@H]1CSCN1C(=O)Cc1c(F)cccc1Cl. The van der Waals surface area contributed by atoms with Crippen molar-refractivity contribution in [3.63, 3.8) is 0 Å². The van der Waals surface area contributed by atoms with E-state index >= 15 is 0 Å². The van der Waals surface area contributed by atoms with Crippen molar-refractivity contribution in [1.29, 1.82) is 0 Å². The standard InChI is InChI=1S/C14H16ClFN2O2S/c1-17(2)14(20)12-7-21-8-18(12)13(19)6-9-10(15)4-3-5-11(9)16/h3-5,12H,6-8H2,1-2H3/t12-/m1/s1. The van der Waals surface area contributed by atoms with E-state index in [9.17, 15) is 14.0 Å². The zero-order chi connectivity index (χ0) is 15.6. The second-order valence-electron chi connectivity index (χ2n) is 4.99. The van der Waals surface area contributed by atoms with Crippen molar-refractivity contribution in [2.45, 2.75) is 12.5 Å². The fourth-order valence-electron chi connectivity index (χ4n) is 2.15. The second-order valence-corrected chi connectivity index (χ2v) is 6.40. The van der Waals surface area contributed by atoms with E-state index in [4.69, 9.17) is 11.6 Å². The molecule has 0 aliphatic carbocycles. The van der Waals surface area contributed by atoms with Crippen LogP contribution in [-0.2, 0) is 16.0 Å². The third-order valence-electron chi connectivity index (χ3n) is 3.32. The van der Waals surface area contributed by atoms with E-state index in [0.29, 0.717) is 11.6 Å². The van der Waals surface area contributed by atoms with Crippen LogP contribution in [0.2, 0.25) is 5.02 Å². The molecule has 0 bridgehead atoms. The monoisotopic (exact) mass is 330 g/mol. The molecule has 4 nitrogen and oxygen atoms in total. The van der Waals surface area contributed by atoms with Crippen LogP contribution in [0, 0.1) is 5.82 Å². The molecule has 1 heterocycles. The molecule has 0 unspecified atom stereocenters. The fourth-order valence-corrected chi connectivity index (χ4v) is 3.55. The minimum absolute atomic E-state index is 0.118. The smallest absolute Gasteiger partial charge is 0.245 e. The number of nitrogens with zero attached hydrogens (tertiary/aromatic N) is 2. The van der Waals surface area contributed by atoms with Gasteiger partial charge in [0, 0.05) is 30.4 Å². The van der Waals surface area contributed by atoms with Gasteiger partial charge >= 0.3 is 0 Å². The Hall–Kier alpha value is -1.27. The van der Waals surface area contributed by atoms with E-state index in [1.54, 1.807) is 20.2 Å². The van der Waals surface area contributed by atoms with Crippen molar-refractivity contribution in [2.24, 2.45) is 0 Å². The molecule has 1 saturated heterocycles. The Balaban J connectivity index is 2.14. The molecular weight excluding hydrogens is 315 g/mol. The number of thioether (sulfide) groups is 1. The van der Waals surface area contributed by atoms with Crippen LogP contribution in [0.4, 0.5) is 4.39 Å². The van der Waals surface area contributed by atoms with Gasteiger partial charge in [-0.1, -0.05) is 17.7 Å². The molecule has 0 spiro atoms. The molecule has 1 aromatic carbocycles. The molecule has 2 amide bonds. The Labute approximate surface area is 132 Å². The van der Waals surface area contributed by atoms with Gasteiger partial charge in [0.25, 0.3) is 0 Å². The molecule has 21 heavy (non-hydrogen) atoms. The number of carbonyl (C=O) groups excluding carboxylic acids is 2. The topological polar surface area (TPSA) is 40.6 Å². The van der Waals surface area contributed by atoms with Crippen molar-refractivity contribution >= 4 is 35.2 Å². The molecule has 1 atom stereocenters. The van der Waals surface area contributed by atoms with E-state index < -0.39 is 11.9 Å². The predicted molar refractivity (Wildman–Crippen MR) is 81.8 cm³/mol. The summed E-state index contributed by atoms with van der Waals surface area (Å²) in [6, 6.07) is 3.84. The maximum atomic E-state index is 13.7. The summed E-state index contributed by atoms with van der Waals surface area (Å²) < 4.78 is 13.7. The van der Waals surface area contributed by atoms with Crippen molar-refractivity contribution < 1.29 is 14.0 Å². The molecule has 0 N–H and O–H groups in total. The van der Waals surface area contributed by atoms with Crippen molar-refractivity contribution in [3.8, 4) is 0 Å². The number of likely N-dealkylation sites (N-methyl/N-ethyl adjacent to an activating group) is 1. The normalized spacial score (nSPS) is 17.9. The molecule has 1 aromatic rings. The van der Waals surface area contributed by atoms with Crippen LogP contribution in [-0.4, -0.2) is 53.4 Å². The summed E-state index contributed by atoms with van der Waals surface area (Å²) in [7, 11) is 3.31. The lowest BCUT2D eigenvalue weighted by molar-refractivity contribution is -0.141. The van der Waals surface area contributed by atoms with Gasteiger partial charge in [-0.15, -0.1) is 11.8 Å². The zero-order valence-corrected chi connectivity index (χ0v) is 13.4. The van der Waals surface area contributed by atoms with Gasteiger partial charge in [0.05, 0.1) is 12.3 Å². The van der Waals surface area contributed by atoms with Crippen LogP contribution >= 0.6 is 23.4 Å². The Morgan fingerprint density at radius 1 is 1.48 bits per heavy atom. The first-order valence-electron chi connectivity index (χ1n) is 6.43. The number of halogens is 2. The molecule has 0 saturated carbocycles. The minimum atomic E-state index is -0.502. The van der Waals surface area contributed by atoms with Gasteiger partial charge in [0.2, 0.25) is 11.8 Å². The summed E-state index contributed by atoms with van der Waals surface area (Å²) in [4.78, 5) is 27.4. The molecule has 1 fully saturated rings. The quantitative estimate of drug-likeness (QED) is 0.851. The van der Waals surface area contributed by atoms with Crippen LogP contribution in [0.25, 0.3) is 0 Å². The van der Waals surface area contributed by atoms with Crippen LogP contribution in [0.5, 0.6) is 0 Å². The van der Waals surface area contributed by atoms with Crippen LogP contribution in [0.1, 0.15) is 5.56 Å². The van der Waals surface area contributed by atoms with E-state index in [-0.39, 0.29) is 28.8 Å². The first-order valence-corrected chi connectivity index (χ1v) is 7.96. The van der Waals surface area contributed by atoms with Gasteiger partial charge in [-0.2, -0.15) is 0 Å². The van der Waals surface area contributed by atoms with Gasteiger partial charge in [-0.25, -0.2) is 4.39 Å². The maximum Gasteiger partial charge on any atom is 0.245 e. The first kappa shape index (κ1) is 16.1. The number of hydrogen-bond acceptors (Lipinski definition) is 3. The molecule has 0 aromatic heterocycles. The lowest BCUT2D eigenvalue weighted by atomic mass is 10.1. The molecule has 114 valence electrons. The number of benzene rings is 1. The highest BCUT2D eigenvalue weighted by Crippen LogP contribution is 2.25. The Bertz CT molecular complexity index is 548. The van der Waals surface area contributed by atoms with Gasteiger partial charge in [0.1, 0.15) is 11.9 Å². The Kier molecular flexibility index (Phi) is 5.11. The van der Waals surface area contributed by atoms with Crippen molar-refractivity contribution in [2.75, 3.05) is 25.7 Å². The van der Waals surface area contributed by atoms with E-state index in [1.165, 1.54) is 33.7 Å². The molecule has 1 aliphatic rings. The summed E-state index contributed by atoms with van der Waals surface area (Å²) in [5.74, 6) is 0.0986. The largest absolute Gasteiger partial charge is 0.347 e. The van der Waals surface area contributed by atoms with E-state index in [2.05, 4.69) is 0 Å². The third-order valence-corrected chi connectivity index (χ3v) is 4.68. The van der Waals surface area contributed by atoms with Crippen LogP contribution in [0.15, 0.2) is 18.2 Å². The third kappa shape index (κ3) is 3.49. The van der Waals surface area contributed by atoms with Crippen LogP contribution < -0.4 is 0 Å². The summed E-state index contributed by atoms with van der Waals surface area (Å²) in [6.45, 7) is 0. The summed E-state index contributed by atoms with van der Waals surface area (Å²) in [5.41, 5.74) is 0.178. The molecule has 2 rings (SSSR count). The lowest BCUT2D eigenvalue weighted by Crippen LogP contribution is -2.47. The fraction of sp³-hybridized carbons (Fsp3) is 0.429. The lowest BCUT2D eigenvalue weighted by Gasteiger charge is -2.25. The van der Waals surface area contributed by atoms with E-state index in [0.717, 1.165) is 0 Å². The van der Waals surface area contributed by atoms with Gasteiger partial charge < -0.3 is 9.80 Å². The molecule has 1 aliphatic heterocycles. The number of rotatable bonds is 3. The van der Waals surface area contributed by atoms with Gasteiger partial charge in [-0.3, -0.25) is 9.59 Å². The number of amides is 2. The molecule has 0 radical (unpaired) electrons. The highest BCUT2D eigenvalue weighted by atomic mass is 35.5. The summed E-state index contributed by atoms with van der Waals surface area (Å²) >= 11 is 7.45. The highest BCUT2D eigenvalue weighted by Gasteiger charge is 2.35. The summed E-state index contributed by atoms with van der Waals surface area (Å²) in [5, 5.41) is 0.227.